The summed E-state index contributed by atoms with van der Waals surface area (Å²) in [6.45, 7) is 8.75. The first-order chi connectivity index (χ1) is 8.96. The van der Waals surface area contributed by atoms with Crippen molar-refractivity contribution in [3.05, 3.63) is 11.4 Å². The lowest BCUT2D eigenvalue weighted by molar-refractivity contribution is 0.508. The molecule has 2 N–H and O–H groups in total. The molecule has 1 heterocycles. The van der Waals surface area contributed by atoms with E-state index in [1.165, 1.54) is 19.3 Å². The molecule has 0 bridgehead atoms. The second-order valence-corrected chi connectivity index (χ2v) is 6.19. The Hall–Kier alpha value is -1.32. The highest BCUT2D eigenvalue weighted by Gasteiger charge is 2.29. The van der Waals surface area contributed by atoms with Crippen LogP contribution in [0.15, 0.2) is 0 Å². The Balaban J connectivity index is 2.29. The molecule has 1 aromatic heterocycles. The van der Waals surface area contributed by atoms with E-state index in [2.05, 4.69) is 43.3 Å². The molecule has 19 heavy (non-hydrogen) atoms. The number of nitrogens with zero attached hydrogens (tertiary/aromatic N) is 2. The van der Waals surface area contributed by atoms with Gasteiger partial charge in [-0.25, -0.2) is 9.97 Å². The van der Waals surface area contributed by atoms with Crippen LogP contribution in [-0.2, 0) is 0 Å². The minimum absolute atomic E-state index is 0.0691. The predicted molar refractivity (Wildman–Crippen MR) is 80.9 cm³/mol. The monoisotopic (exact) mass is 262 g/mol. The predicted octanol–water partition coefficient (Wildman–Crippen LogP) is 3.69. The van der Waals surface area contributed by atoms with Crippen molar-refractivity contribution in [1.29, 1.82) is 0 Å². The van der Waals surface area contributed by atoms with Crippen molar-refractivity contribution in [2.45, 2.75) is 64.8 Å². The van der Waals surface area contributed by atoms with Gasteiger partial charge in [0, 0.05) is 24.1 Å². The molecule has 4 nitrogen and oxygen atoms in total. The summed E-state index contributed by atoms with van der Waals surface area (Å²) in [7, 11) is 1.92. The Labute approximate surface area is 116 Å². The molecule has 0 amide bonds. The lowest BCUT2D eigenvalue weighted by atomic mass is 9.99. The molecular weight excluding hydrogens is 236 g/mol. The SMILES string of the molecule is CCCC(C)(C)Nc1nc(C2CC2)nc(NC)c1C. The first-order valence-electron chi connectivity index (χ1n) is 7.31. The number of rotatable bonds is 6. The highest BCUT2D eigenvalue weighted by Crippen LogP contribution is 2.39. The van der Waals surface area contributed by atoms with E-state index in [4.69, 9.17) is 4.98 Å². The normalized spacial score (nSPS) is 15.4. The van der Waals surface area contributed by atoms with E-state index < -0.39 is 0 Å². The van der Waals surface area contributed by atoms with Crippen LogP contribution in [0.3, 0.4) is 0 Å². The zero-order valence-corrected chi connectivity index (χ0v) is 12.8. The van der Waals surface area contributed by atoms with Gasteiger partial charge in [0.25, 0.3) is 0 Å². The van der Waals surface area contributed by atoms with Crippen LogP contribution < -0.4 is 10.6 Å². The second kappa shape index (κ2) is 5.35. The summed E-state index contributed by atoms with van der Waals surface area (Å²) in [6.07, 6.45) is 4.75. The van der Waals surface area contributed by atoms with Gasteiger partial charge in [0.15, 0.2) is 0 Å². The number of nitrogens with one attached hydrogen (secondary N) is 2. The van der Waals surface area contributed by atoms with Crippen molar-refractivity contribution in [2.24, 2.45) is 0 Å². The largest absolute Gasteiger partial charge is 0.373 e. The topological polar surface area (TPSA) is 49.8 Å². The molecule has 0 spiro atoms. The van der Waals surface area contributed by atoms with Crippen molar-refractivity contribution < 1.29 is 0 Å². The van der Waals surface area contributed by atoms with Gasteiger partial charge in [0.2, 0.25) is 0 Å². The van der Waals surface area contributed by atoms with Gasteiger partial charge in [-0.1, -0.05) is 13.3 Å². The second-order valence-electron chi connectivity index (χ2n) is 6.19. The van der Waals surface area contributed by atoms with Crippen molar-refractivity contribution in [3.8, 4) is 0 Å². The van der Waals surface area contributed by atoms with Gasteiger partial charge in [-0.2, -0.15) is 0 Å². The van der Waals surface area contributed by atoms with E-state index in [-0.39, 0.29) is 5.54 Å². The Morgan fingerprint density at radius 2 is 1.84 bits per heavy atom. The molecule has 2 rings (SSSR count). The van der Waals surface area contributed by atoms with Crippen LogP contribution in [0.4, 0.5) is 11.6 Å². The van der Waals surface area contributed by atoms with E-state index in [0.717, 1.165) is 29.4 Å². The van der Waals surface area contributed by atoms with Crippen LogP contribution >= 0.6 is 0 Å². The fourth-order valence-corrected chi connectivity index (χ4v) is 2.43. The zero-order chi connectivity index (χ0) is 14.0. The summed E-state index contributed by atoms with van der Waals surface area (Å²) in [4.78, 5) is 9.38. The van der Waals surface area contributed by atoms with Crippen LogP contribution in [-0.4, -0.2) is 22.6 Å². The average molecular weight is 262 g/mol. The first kappa shape index (κ1) is 14.1. The van der Waals surface area contributed by atoms with Gasteiger partial charge < -0.3 is 10.6 Å². The molecule has 4 heteroatoms. The molecule has 0 radical (unpaired) electrons. The summed E-state index contributed by atoms with van der Waals surface area (Å²) in [6, 6.07) is 0. The van der Waals surface area contributed by atoms with Crippen molar-refractivity contribution in [1.82, 2.24) is 9.97 Å². The molecule has 0 unspecified atom stereocenters. The van der Waals surface area contributed by atoms with Gasteiger partial charge in [-0.05, 0) is 40.0 Å². The third kappa shape index (κ3) is 3.37. The van der Waals surface area contributed by atoms with E-state index in [1.807, 2.05) is 7.05 Å². The van der Waals surface area contributed by atoms with Crippen LogP contribution in [0.2, 0.25) is 0 Å². The molecule has 0 atom stereocenters. The fourth-order valence-electron chi connectivity index (χ4n) is 2.43. The number of hydrogen-bond donors (Lipinski definition) is 2. The van der Waals surface area contributed by atoms with Crippen LogP contribution in [0, 0.1) is 6.92 Å². The molecule has 1 aliphatic carbocycles. The van der Waals surface area contributed by atoms with Crippen molar-refractivity contribution >= 4 is 11.6 Å². The summed E-state index contributed by atoms with van der Waals surface area (Å²) < 4.78 is 0. The lowest BCUT2D eigenvalue weighted by Crippen LogP contribution is -2.31. The highest BCUT2D eigenvalue weighted by atomic mass is 15.1. The number of hydrogen-bond acceptors (Lipinski definition) is 4. The number of anilines is 2. The summed E-state index contributed by atoms with van der Waals surface area (Å²) in [5.74, 6) is 3.50. The Morgan fingerprint density at radius 1 is 1.21 bits per heavy atom. The van der Waals surface area contributed by atoms with E-state index in [1.54, 1.807) is 0 Å². The highest BCUT2D eigenvalue weighted by molar-refractivity contribution is 5.58. The van der Waals surface area contributed by atoms with Gasteiger partial charge >= 0.3 is 0 Å². The van der Waals surface area contributed by atoms with Crippen LogP contribution in [0.25, 0.3) is 0 Å². The lowest BCUT2D eigenvalue weighted by Gasteiger charge is -2.28. The fraction of sp³-hybridized carbons (Fsp3) is 0.733. The minimum atomic E-state index is 0.0691. The summed E-state index contributed by atoms with van der Waals surface area (Å²) in [5, 5.41) is 6.78. The molecule has 1 saturated carbocycles. The van der Waals surface area contributed by atoms with E-state index in [0.29, 0.717) is 5.92 Å². The standard InChI is InChI=1S/C15H26N4/c1-6-9-15(3,4)19-13-10(2)12(16-5)17-14(18-13)11-7-8-11/h11H,6-9H2,1-5H3,(H2,16,17,18,19). The molecule has 1 aromatic rings. The maximum absolute atomic E-state index is 4.75. The third-order valence-corrected chi connectivity index (χ3v) is 3.67. The van der Waals surface area contributed by atoms with E-state index >= 15 is 0 Å². The van der Waals surface area contributed by atoms with Gasteiger partial charge in [-0.15, -0.1) is 0 Å². The molecule has 106 valence electrons. The summed E-state index contributed by atoms with van der Waals surface area (Å²) in [5.41, 5.74) is 1.18. The van der Waals surface area contributed by atoms with Gasteiger partial charge in [-0.3, -0.25) is 0 Å². The quantitative estimate of drug-likeness (QED) is 0.821. The molecule has 0 aromatic carbocycles. The van der Waals surface area contributed by atoms with Gasteiger partial charge in [0.1, 0.15) is 17.5 Å². The summed E-state index contributed by atoms with van der Waals surface area (Å²) >= 11 is 0. The zero-order valence-electron chi connectivity index (χ0n) is 12.8. The molecule has 0 saturated heterocycles. The van der Waals surface area contributed by atoms with E-state index in [9.17, 15) is 0 Å². The maximum atomic E-state index is 4.75. The molecule has 1 aliphatic rings. The molecular formula is C15H26N4. The first-order valence-corrected chi connectivity index (χ1v) is 7.31. The van der Waals surface area contributed by atoms with Crippen molar-refractivity contribution in [3.63, 3.8) is 0 Å². The minimum Gasteiger partial charge on any atom is -0.373 e. The smallest absolute Gasteiger partial charge is 0.136 e. The number of aromatic nitrogens is 2. The molecule has 1 fully saturated rings. The maximum Gasteiger partial charge on any atom is 0.136 e. The van der Waals surface area contributed by atoms with Crippen LogP contribution in [0.5, 0.6) is 0 Å². The Kier molecular flexibility index (Phi) is 3.97. The Bertz CT molecular complexity index is 450. The van der Waals surface area contributed by atoms with Gasteiger partial charge in [0.05, 0.1) is 0 Å². The average Bonchev–Trinajstić information content (AvgIpc) is 3.15. The molecule has 0 aliphatic heterocycles. The third-order valence-electron chi connectivity index (χ3n) is 3.67. The Morgan fingerprint density at radius 3 is 2.37 bits per heavy atom. The van der Waals surface area contributed by atoms with Crippen molar-refractivity contribution in [2.75, 3.05) is 17.7 Å². The van der Waals surface area contributed by atoms with Crippen LogP contribution in [0.1, 0.15) is 63.8 Å².